The van der Waals surface area contributed by atoms with Crippen LogP contribution >= 0.6 is 0 Å². The van der Waals surface area contributed by atoms with Crippen molar-refractivity contribution in [2.24, 2.45) is 0 Å². The van der Waals surface area contributed by atoms with Crippen molar-refractivity contribution in [2.75, 3.05) is 0 Å². The number of nitrogens with zero attached hydrogens (tertiary/aromatic N) is 3. The quantitative estimate of drug-likeness (QED) is 0.900. The van der Waals surface area contributed by atoms with Gasteiger partial charge in [0.1, 0.15) is 11.5 Å². The Bertz CT molecular complexity index is 580. The van der Waals surface area contributed by atoms with Gasteiger partial charge in [-0.05, 0) is 18.6 Å². The van der Waals surface area contributed by atoms with E-state index in [0.29, 0.717) is 12.1 Å². The van der Waals surface area contributed by atoms with E-state index in [1.807, 2.05) is 6.92 Å². The molecule has 1 aromatic carbocycles. The normalized spacial score (nSPS) is 10.6. The van der Waals surface area contributed by atoms with E-state index in [1.165, 1.54) is 16.8 Å². The van der Waals surface area contributed by atoms with Gasteiger partial charge in [-0.15, -0.1) is 5.10 Å². The van der Waals surface area contributed by atoms with Crippen molar-refractivity contribution >= 4 is 5.97 Å². The number of halogens is 1. The molecule has 0 amide bonds. The number of carbonyl (C=O) groups is 1. The molecule has 2 rings (SSSR count). The molecule has 2 aromatic rings. The summed E-state index contributed by atoms with van der Waals surface area (Å²) in [5.74, 6) is -1.61. The lowest BCUT2D eigenvalue weighted by molar-refractivity contribution is 0.0689. The van der Waals surface area contributed by atoms with Crippen LogP contribution in [-0.2, 0) is 6.42 Å². The lowest BCUT2D eigenvalue weighted by Gasteiger charge is -2.06. The average Bonchev–Trinajstić information content (AvgIpc) is 2.74. The molecule has 5 nitrogen and oxygen atoms in total. The van der Waals surface area contributed by atoms with Gasteiger partial charge in [0.05, 0.1) is 5.69 Å². The molecule has 0 spiro atoms. The molecule has 0 aliphatic heterocycles. The third-order valence-corrected chi connectivity index (χ3v) is 2.53. The maximum atomic E-state index is 13.7. The minimum absolute atomic E-state index is 0.125. The van der Waals surface area contributed by atoms with Crippen LogP contribution < -0.4 is 0 Å². The molecule has 1 N–H and O–H groups in total. The molecular weight excluding hydrogens is 237 g/mol. The van der Waals surface area contributed by atoms with Crippen LogP contribution in [0, 0.1) is 5.82 Å². The molecule has 0 unspecified atom stereocenters. The standard InChI is InChI=1S/C12H12FN3O2/c1-2-5-10-11(12(17)18)14-15-16(10)9-7-4-3-6-8(9)13/h3-4,6-7H,2,5H2,1H3,(H,17,18). The van der Waals surface area contributed by atoms with E-state index in [1.54, 1.807) is 12.1 Å². The van der Waals surface area contributed by atoms with Crippen LogP contribution in [0.2, 0.25) is 0 Å². The lowest BCUT2D eigenvalue weighted by Crippen LogP contribution is -2.08. The second-order valence-corrected chi connectivity index (χ2v) is 3.80. The van der Waals surface area contributed by atoms with Gasteiger partial charge < -0.3 is 5.11 Å². The molecule has 18 heavy (non-hydrogen) atoms. The van der Waals surface area contributed by atoms with Gasteiger partial charge in [-0.1, -0.05) is 30.7 Å². The summed E-state index contributed by atoms with van der Waals surface area (Å²) in [5.41, 5.74) is 0.496. The fraction of sp³-hybridized carbons (Fsp3) is 0.250. The number of carboxylic acids is 1. The average molecular weight is 249 g/mol. The summed E-state index contributed by atoms with van der Waals surface area (Å²) in [6.45, 7) is 1.91. The van der Waals surface area contributed by atoms with Crippen molar-refractivity contribution in [2.45, 2.75) is 19.8 Å². The highest BCUT2D eigenvalue weighted by Crippen LogP contribution is 2.17. The number of hydrogen-bond acceptors (Lipinski definition) is 3. The van der Waals surface area contributed by atoms with Gasteiger partial charge in [0.25, 0.3) is 0 Å². The van der Waals surface area contributed by atoms with Crippen LogP contribution in [0.25, 0.3) is 5.69 Å². The van der Waals surface area contributed by atoms with Crippen molar-refractivity contribution < 1.29 is 14.3 Å². The number of carboxylic acid groups (broad SMARTS) is 1. The minimum atomic E-state index is -1.15. The molecule has 1 heterocycles. The summed E-state index contributed by atoms with van der Waals surface area (Å²) < 4.78 is 14.9. The summed E-state index contributed by atoms with van der Waals surface area (Å²) in [5, 5.41) is 16.3. The molecule has 0 bridgehead atoms. The van der Waals surface area contributed by atoms with Gasteiger partial charge in [-0.25, -0.2) is 13.9 Å². The Morgan fingerprint density at radius 3 is 2.78 bits per heavy atom. The van der Waals surface area contributed by atoms with Gasteiger partial charge >= 0.3 is 5.97 Å². The Labute approximate surface area is 103 Å². The molecule has 0 fully saturated rings. The maximum absolute atomic E-state index is 13.7. The monoisotopic (exact) mass is 249 g/mol. The van der Waals surface area contributed by atoms with E-state index in [2.05, 4.69) is 10.3 Å². The summed E-state index contributed by atoms with van der Waals surface area (Å²) in [7, 11) is 0. The van der Waals surface area contributed by atoms with Crippen molar-refractivity contribution in [3.05, 3.63) is 41.5 Å². The smallest absolute Gasteiger partial charge is 0.358 e. The van der Waals surface area contributed by atoms with Crippen LogP contribution in [0.15, 0.2) is 24.3 Å². The van der Waals surface area contributed by atoms with Crippen molar-refractivity contribution in [1.29, 1.82) is 0 Å². The number of rotatable bonds is 4. The Hall–Kier alpha value is -2.24. The molecule has 0 aliphatic carbocycles. The van der Waals surface area contributed by atoms with E-state index in [-0.39, 0.29) is 11.4 Å². The molecule has 1 aromatic heterocycles. The van der Waals surface area contributed by atoms with Crippen molar-refractivity contribution in [3.63, 3.8) is 0 Å². The largest absolute Gasteiger partial charge is 0.476 e. The highest BCUT2D eigenvalue weighted by molar-refractivity contribution is 5.86. The van der Waals surface area contributed by atoms with Crippen LogP contribution in [0.5, 0.6) is 0 Å². The summed E-state index contributed by atoms with van der Waals surface area (Å²) >= 11 is 0. The minimum Gasteiger partial charge on any atom is -0.476 e. The SMILES string of the molecule is CCCc1c(C(=O)O)nnn1-c1ccccc1F. The molecule has 0 saturated carbocycles. The first-order chi connectivity index (χ1) is 8.65. The van der Waals surface area contributed by atoms with E-state index in [0.717, 1.165) is 6.42 Å². The molecule has 94 valence electrons. The van der Waals surface area contributed by atoms with E-state index in [9.17, 15) is 9.18 Å². The Kier molecular flexibility index (Phi) is 3.36. The van der Waals surface area contributed by atoms with Gasteiger partial charge in [-0.3, -0.25) is 0 Å². The number of para-hydroxylation sites is 1. The molecule has 0 aliphatic rings. The first-order valence-electron chi connectivity index (χ1n) is 5.58. The van der Waals surface area contributed by atoms with Crippen LogP contribution in [0.1, 0.15) is 29.5 Å². The number of benzene rings is 1. The van der Waals surface area contributed by atoms with E-state index < -0.39 is 11.8 Å². The fourth-order valence-electron chi connectivity index (χ4n) is 1.75. The second kappa shape index (κ2) is 4.95. The molecule has 0 radical (unpaired) electrons. The maximum Gasteiger partial charge on any atom is 0.358 e. The first-order valence-corrected chi connectivity index (χ1v) is 5.58. The Morgan fingerprint density at radius 1 is 1.44 bits per heavy atom. The summed E-state index contributed by atoms with van der Waals surface area (Å²) in [6.07, 6.45) is 1.20. The van der Waals surface area contributed by atoms with Gasteiger partial charge in [-0.2, -0.15) is 0 Å². The number of aromatic nitrogens is 3. The molecular formula is C12H12FN3O2. The zero-order chi connectivity index (χ0) is 13.1. The molecule has 0 saturated heterocycles. The Balaban J connectivity index is 2.58. The predicted octanol–water partition coefficient (Wildman–Crippen LogP) is 2.06. The zero-order valence-electron chi connectivity index (χ0n) is 9.80. The van der Waals surface area contributed by atoms with Crippen molar-refractivity contribution in [1.82, 2.24) is 15.0 Å². The van der Waals surface area contributed by atoms with Gasteiger partial charge in [0.2, 0.25) is 0 Å². The first kappa shape index (κ1) is 12.2. The highest BCUT2D eigenvalue weighted by atomic mass is 19.1. The van der Waals surface area contributed by atoms with Gasteiger partial charge in [0.15, 0.2) is 5.69 Å². The van der Waals surface area contributed by atoms with Crippen molar-refractivity contribution in [3.8, 4) is 5.69 Å². The van der Waals surface area contributed by atoms with Crippen LogP contribution in [0.4, 0.5) is 4.39 Å². The van der Waals surface area contributed by atoms with E-state index >= 15 is 0 Å². The summed E-state index contributed by atoms with van der Waals surface area (Å²) in [6, 6.07) is 6.06. The number of aromatic carboxylic acids is 1. The third kappa shape index (κ3) is 2.09. The van der Waals surface area contributed by atoms with Gasteiger partial charge in [0, 0.05) is 0 Å². The number of hydrogen-bond donors (Lipinski definition) is 1. The highest BCUT2D eigenvalue weighted by Gasteiger charge is 2.20. The topological polar surface area (TPSA) is 68.0 Å². The van der Waals surface area contributed by atoms with E-state index in [4.69, 9.17) is 5.11 Å². The Morgan fingerprint density at radius 2 is 2.17 bits per heavy atom. The molecule has 6 heteroatoms. The fourth-order valence-corrected chi connectivity index (χ4v) is 1.75. The lowest BCUT2D eigenvalue weighted by atomic mass is 10.2. The van der Waals surface area contributed by atoms with Crippen LogP contribution in [0.3, 0.4) is 0 Å². The third-order valence-electron chi connectivity index (χ3n) is 2.53. The molecule has 0 atom stereocenters. The van der Waals surface area contributed by atoms with Crippen LogP contribution in [-0.4, -0.2) is 26.1 Å². The zero-order valence-corrected chi connectivity index (χ0v) is 9.80. The summed E-state index contributed by atoms with van der Waals surface area (Å²) in [4.78, 5) is 11.0. The second-order valence-electron chi connectivity index (χ2n) is 3.80. The predicted molar refractivity (Wildman–Crippen MR) is 62.3 cm³/mol.